The van der Waals surface area contributed by atoms with E-state index in [1.807, 2.05) is 0 Å². The molecule has 0 spiro atoms. The molecule has 0 radical (unpaired) electrons. The molecule has 1 saturated heterocycles. The number of hydrazine groups is 1. The van der Waals surface area contributed by atoms with Gasteiger partial charge < -0.3 is 15.0 Å². The molecule has 1 rings (SSSR count). The molecule has 18 heavy (non-hydrogen) atoms. The molecule has 6 heteroatoms. The van der Waals surface area contributed by atoms with Crippen LogP contribution >= 0.6 is 0 Å². The third-order valence-corrected chi connectivity index (χ3v) is 3.21. The molecular formula is C12H27N5O. The molecule has 1 fully saturated rings. The van der Waals surface area contributed by atoms with E-state index in [4.69, 9.17) is 10.6 Å². The summed E-state index contributed by atoms with van der Waals surface area (Å²) in [7, 11) is 1.70. The van der Waals surface area contributed by atoms with Gasteiger partial charge in [-0.05, 0) is 32.4 Å². The summed E-state index contributed by atoms with van der Waals surface area (Å²) in [4.78, 5) is 6.84. The van der Waals surface area contributed by atoms with E-state index in [2.05, 4.69) is 27.6 Å². The fourth-order valence-electron chi connectivity index (χ4n) is 2.19. The highest BCUT2D eigenvalue weighted by molar-refractivity contribution is 5.79. The molecule has 0 aromatic carbocycles. The quantitative estimate of drug-likeness (QED) is 0.204. The lowest BCUT2D eigenvalue weighted by Gasteiger charge is -2.32. The number of nitrogens with zero attached hydrogens (tertiary/aromatic N) is 2. The van der Waals surface area contributed by atoms with Crippen LogP contribution < -0.4 is 16.6 Å². The largest absolute Gasteiger partial charge is 0.385 e. The molecule has 0 aromatic rings. The number of hydrogen-bond donors (Lipinski definition) is 3. The average Bonchev–Trinajstić information content (AvgIpc) is 2.42. The van der Waals surface area contributed by atoms with Crippen LogP contribution in [0.2, 0.25) is 0 Å². The zero-order chi connectivity index (χ0) is 13.2. The summed E-state index contributed by atoms with van der Waals surface area (Å²) in [6.45, 7) is 7.02. The Morgan fingerprint density at radius 2 is 2.39 bits per heavy atom. The van der Waals surface area contributed by atoms with E-state index < -0.39 is 0 Å². The second-order valence-electron chi connectivity index (χ2n) is 4.60. The number of likely N-dealkylation sites (N-methyl/N-ethyl adjacent to an activating group) is 1. The van der Waals surface area contributed by atoms with Crippen LogP contribution in [0.25, 0.3) is 0 Å². The number of piperidine rings is 1. The van der Waals surface area contributed by atoms with Crippen molar-refractivity contribution in [1.29, 1.82) is 0 Å². The van der Waals surface area contributed by atoms with Crippen molar-refractivity contribution in [3.05, 3.63) is 0 Å². The lowest BCUT2D eigenvalue weighted by atomic mass is 10.1. The minimum absolute atomic E-state index is 0.441. The number of nitrogens with two attached hydrogens (primary N) is 1. The Balaban J connectivity index is 2.32. The van der Waals surface area contributed by atoms with Gasteiger partial charge in [0.05, 0.1) is 0 Å². The van der Waals surface area contributed by atoms with Gasteiger partial charge in [0.15, 0.2) is 0 Å². The number of rotatable bonds is 6. The Labute approximate surface area is 110 Å². The van der Waals surface area contributed by atoms with Crippen molar-refractivity contribution in [3.63, 3.8) is 0 Å². The first-order valence-electron chi connectivity index (χ1n) is 6.79. The highest BCUT2D eigenvalue weighted by atomic mass is 16.5. The third-order valence-electron chi connectivity index (χ3n) is 3.21. The van der Waals surface area contributed by atoms with Crippen molar-refractivity contribution >= 4 is 5.96 Å². The average molecular weight is 257 g/mol. The van der Waals surface area contributed by atoms with E-state index >= 15 is 0 Å². The first-order valence-corrected chi connectivity index (χ1v) is 6.79. The standard InChI is InChI=1S/C12H27N5O/c1-3-17-8-4-6-11(10-17)15-12(16-13)14-7-5-9-18-2/h11H,3-10,13H2,1-2H3,(H2,14,15,16). The lowest BCUT2D eigenvalue weighted by Crippen LogP contribution is -2.52. The summed E-state index contributed by atoms with van der Waals surface area (Å²) < 4.78 is 4.99. The highest BCUT2D eigenvalue weighted by Crippen LogP contribution is 2.09. The summed E-state index contributed by atoms with van der Waals surface area (Å²) in [6.07, 6.45) is 3.32. The van der Waals surface area contributed by atoms with Crippen LogP contribution in [-0.4, -0.2) is 56.8 Å². The van der Waals surface area contributed by atoms with Crippen molar-refractivity contribution < 1.29 is 4.74 Å². The van der Waals surface area contributed by atoms with E-state index in [1.54, 1.807) is 7.11 Å². The number of likely N-dealkylation sites (tertiary alicyclic amines) is 1. The summed E-state index contributed by atoms with van der Waals surface area (Å²) in [5.74, 6) is 6.17. The van der Waals surface area contributed by atoms with E-state index in [-0.39, 0.29) is 0 Å². The molecule has 1 heterocycles. The maximum Gasteiger partial charge on any atom is 0.205 e. The van der Waals surface area contributed by atoms with E-state index in [9.17, 15) is 0 Å². The number of aliphatic imine (C=N–C) groups is 1. The smallest absolute Gasteiger partial charge is 0.205 e. The number of hydrogen-bond acceptors (Lipinski definition) is 4. The maximum atomic E-state index is 5.48. The van der Waals surface area contributed by atoms with Gasteiger partial charge in [0.25, 0.3) is 0 Å². The van der Waals surface area contributed by atoms with Gasteiger partial charge in [-0.15, -0.1) is 0 Å². The van der Waals surface area contributed by atoms with Crippen LogP contribution in [0.1, 0.15) is 26.2 Å². The monoisotopic (exact) mass is 257 g/mol. The second kappa shape index (κ2) is 9.13. The van der Waals surface area contributed by atoms with E-state index in [0.29, 0.717) is 12.0 Å². The third kappa shape index (κ3) is 5.66. The topological polar surface area (TPSA) is 74.9 Å². The molecule has 1 aliphatic rings. The first-order chi connectivity index (χ1) is 8.80. The van der Waals surface area contributed by atoms with Gasteiger partial charge in [-0.1, -0.05) is 6.92 Å². The Morgan fingerprint density at radius 1 is 1.56 bits per heavy atom. The fourth-order valence-corrected chi connectivity index (χ4v) is 2.19. The normalized spacial score (nSPS) is 21.9. The highest BCUT2D eigenvalue weighted by Gasteiger charge is 2.19. The minimum atomic E-state index is 0.441. The zero-order valence-electron chi connectivity index (χ0n) is 11.6. The molecule has 4 N–H and O–H groups in total. The summed E-state index contributed by atoms with van der Waals surface area (Å²) in [5.41, 5.74) is 2.64. The Bertz CT molecular complexity index is 247. The summed E-state index contributed by atoms with van der Waals surface area (Å²) in [6, 6.07) is 0.441. The second-order valence-corrected chi connectivity index (χ2v) is 4.60. The zero-order valence-corrected chi connectivity index (χ0v) is 11.6. The summed E-state index contributed by atoms with van der Waals surface area (Å²) >= 11 is 0. The molecule has 0 bridgehead atoms. The van der Waals surface area contributed by atoms with Crippen LogP contribution in [0, 0.1) is 0 Å². The number of guanidine groups is 1. The van der Waals surface area contributed by atoms with Crippen LogP contribution in [0.15, 0.2) is 4.99 Å². The minimum Gasteiger partial charge on any atom is -0.385 e. The van der Waals surface area contributed by atoms with Gasteiger partial charge in [0.1, 0.15) is 0 Å². The molecule has 0 aliphatic carbocycles. The number of ether oxygens (including phenoxy) is 1. The SMILES string of the molecule is CCN1CCCC(NC(=NCCCOC)NN)C1. The van der Waals surface area contributed by atoms with Crippen molar-refractivity contribution in [2.75, 3.05) is 39.9 Å². The van der Waals surface area contributed by atoms with Crippen LogP contribution in [0.5, 0.6) is 0 Å². The molecule has 1 aliphatic heterocycles. The Morgan fingerprint density at radius 3 is 3.06 bits per heavy atom. The van der Waals surface area contributed by atoms with Gasteiger partial charge in [0.2, 0.25) is 5.96 Å². The Hall–Kier alpha value is -0.850. The van der Waals surface area contributed by atoms with Gasteiger partial charge >= 0.3 is 0 Å². The molecule has 6 nitrogen and oxygen atoms in total. The van der Waals surface area contributed by atoms with Gasteiger partial charge in [-0.2, -0.15) is 0 Å². The van der Waals surface area contributed by atoms with Crippen molar-refractivity contribution in [2.24, 2.45) is 10.8 Å². The van der Waals surface area contributed by atoms with Crippen LogP contribution in [0.4, 0.5) is 0 Å². The number of methoxy groups -OCH3 is 1. The van der Waals surface area contributed by atoms with Crippen molar-refractivity contribution in [3.8, 4) is 0 Å². The maximum absolute atomic E-state index is 5.48. The molecule has 106 valence electrons. The first kappa shape index (κ1) is 15.2. The van der Waals surface area contributed by atoms with Crippen molar-refractivity contribution in [1.82, 2.24) is 15.6 Å². The van der Waals surface area contributed by atoms with Gasteiger partial charge in [0, 0.05) is 32.8 Å². The predicted octanol–water partition coefficient (Wildman–Crippen LogP) is -0.0839. The summed E-state index contributed by atoms with van der Waals surface area (Å²) in [5, 5.41) is 3.38. The molecule has 0 amide bonds. The lowest BCUT2D eigenvalue weighted by molar-refractivity contribution is 0.196. The number of nitrogens with one attached hydrogen (secondary N) is 2. The van der Waals surface area contributed by atoms with Crippen LogP contribution in [-0.2, 0) is 4.74 Å². The van der Waals surface area contributed by atoms with Crippen LogP contribution in [0.3, 0.4) is 0 Å². The van der Waals surface area contributed by atoms with Crippen molar-refractivity contribution in [2.45, 2.75) is 32.2 Å². The fraction of sp³-hybridized carbons (Fsp3) is 0.917. The van der Waals surface area contributed by atoms with E-state index in [1.165, 1.54) is 19.4 Å². The van der Waals surface area contributed by atoms with Gasteiger partial charge in [-0.3, -0.25) is 10.4 Å². The van der Waals surface area contributed by atoms with Gasteiger partial charge in [-0.25, -0.2) is 5.84 Å². The predicted molar refractivity (Wildman–Crippen MR) is 74.4 cm³/mol. The van der Waals surface area contributed by atoms with E-state index in [0.717, 1.165) is 32.7 Å². The molecule has 1 unspecified atom stereocenters. The molecule has 0 aromatic heterocycles. The molecular weight excluding hydrogens is 230 g/mol. The molecule has 1 atom stereocenters. The molecule has 0 saturated carbocycles. The Kier molecular flexibility index (Phi) is 7.71.